The van der Waals surface area contributed by atoms with Gasteiger partial charge in [0, 0.05) is 16.0 Å². The molecule has 4 rings (SSSR count). The van der Waals surface area contributed by atoms with Gasteiger partial charge in [0.15, 0.2) is 0 Å². The number of carbonyl (C=O) groups is 2. The first-order valence-corrected chi connectivity index (χ1v) is 12.8. The molecule has 1 aliphatic heterocycles. The summed E-state index contributed by atoms with van der Waals surface area (Å²) in [5, 5.41) is 13.3. The van der Waals surface area contributed by atoms with Gasteiger partial charge in [0.25, 0.3) is 11.7 Å². The average molecular weight is 522 g/mol. The predicted octanol–water partition coefficient (Wildman–Crippen LogP) is 5.56. The monoisotopic (exact) mass is 521 g/mol. The van der Waals surface area contributed by atoms with Crippen LogP contribution >= 0.6 is 11.3 Å². The van der Waals surface area contributed by atoms with Crippen LogP contribution in [0.4, 0.5) is 0 Å². The van der Waals surface area contributed by atoms with Crippen LogP contribution in [0.25, 0.3) is 5.76 Å². The van der Waals surface area contributed by atoms with Gasteiger partial charge < -0.3 is 24.2 Å². The number of hydrogen-bond donors (Lipinski definition) is 1. The minimum Gasteiger partial charge on any atom is -0.507 e. The lowest BCUT2D eigenvalue weighted by Gasteiger charge is -2.25. The maximum atomic E-state index is 13.3. The topological polar surface area (TPSA) is 85.3 Å². The summed E-state index contributed by atoms with van der Waals surface area (Å²) in [6, 6.07) is 15.4. The lowest BCUT2D eigenvalue weighted by Crippen LogP contribution is -2.33. The standard InChI is InChI=1S/C29H31NO6S/c1-29(2,3)21-17-18(8-13-22(21)35-5)26(31)24-25(23-7-6-16-37-23)30(28(33)27(24)32)14-15-36-20-11-9-19(34-4)10-12-20/h6-13,16-17,25,31H,14-15H2,1-5H3/b26-24-. The second kappa shape index (κ2) is 10.7. The summed E-state index contributed by atoms with van der Waals surface area (Å²) in [7, 11) is 3.19. The van der Waals surface area contributed by atoms with Crippen molar-refractivity contribution >= 4 is 28.8 Å². The van der Waals surface area contributed by atoms with Gasteiger partial charge >= 0.3 is 0 Å². The molecule has 1 aromatic heterocycles. The first kappa shape index (κ1) is 26.3. The first-order chi connectivity index (χ1) is 17.7. The van der Waals surface area contributed by atoms with E-state index in [4.69, 9.17) is 14.2 Å². The fraction of sp³-hybridized carbons (Fsp3) is 0.310. The highest BCUT2D eigenvalue weighted by molar-refractivity contribution is 7.10. The smallest absolute Gasteiger partial charge is 0.295 e. The van der Waals surface area contributed by atoms with E-state index in [0.717, 1.165) is 10.4 Å². The Morgan fingerprint density at radius 2 is 1.70 bits per heavy atom. The zero-order chi connectivity index (χ0) is 26.7. The van der Waals surface area contributed by atoms with E-state index < -0.39 is 17.7 Å². The number of benzene rings is 2. The molecule has 194 valence electrons. The minimum absolute atomic E-state index is 0.0712. The molecule has 1 atom stereocenters. The molecule has 2 aromatic carbocycles. The lowest BCUT2D eigenvalue weighted by molar-refractivity contribution is -0.140. The van der Waals surface area contributed by atoms with Crippen molar-refractivity contribution in [3.63, 3.8) is 0 Å². The second-order valence-electron chi connectivity index (χ2n) is 9.70. The molecular weight excluding hydrogens is 490 g/mol. The van der Waals surface area contributed by atoms with Crippen LogP contribution in [-0.2, 0) is 15.0 Å². The van der Waals surface area contributed by atoms with Crippen LogP contribution in [0, 0.1) is 0 Å². The molecule has 7 nitrogen and oxygen atoms in total. The number of ketones is 1. The van der Waals surface area contributed by atoms with Crippen molar-refractivity contribution in [3.8, 4) is 17.2 Å². The van der Waals surface area contributed by atoms with Crippen LogP contribution in [0.1, 0.15) is 42.8 Å². The average Bonchev–Trinajstić information content (AvgIpc) is 3.50. The van der Waals surface area contributed by atoms with Crippen molar-refractivity contribution < 1.29 is 28.9 Å². The fourth-order valence-corrected chi connectivity index (χ4v) is 5.23. The van der Waals surface area contributed by atoms with Gasteiger partial charge in [-0.25, -0.2) is 0 Å². The van der Waals surface area contributed by atoms with E-state index in [1.165, 1.54) is 16.2 Å². The molecule has 1 unspecified atom stereocenters. The molecule has 1 amide bonds. The maximum absolute atomic E-state index is 13.3. The van der Waals surface area contributed by atoms with E-state index in [9.17, 15) is 14.7 Å². The summed E-state index contributed by atoms with van der Waals surface area (Å²) in [4.78, 5) is 28.7. The molecule has 1 aliphatic rings. The number of aliphatic hydroxyl groups is 1. The molecule has 1 N–H and O–H groups in total. The first-order valence-electron chi connectivity index (χ1n) is 11.9. The Labute approximate surface area is 220 Å². The third-order valence-electron chi connectivity index (χ3n) is 6.29. The Bertz CT molecular complexity index is 1310. The van der Waals surface area contributed by atoms with E-state index in [1.807, 2.05) is 44.4 Å². The van der Waals surface area contributed by atoms with Gasteiger partial charge in [-0.2, -0.15) is 0 Å². The number of Topliss-reactive ketones (excluding diaryl/α,β-unsaturated/α-hetero) is 1. The van der Waals surface area contributed by atoms with E-state index in [1.54, 1.807) is 50.6 Å². The molecule has 0 spiro atoms. The SMILES string of the molecule is COc1ccc(OCCN2C(=O)C(=O)/C(=C(\O)c3ccc(OC)c(C(C)(C)C)c3)C2c2cccs2)cc1. The van der Waals surface area contributed by atoms with Crippen molar-refractivity contribution in [1.29, 1.82) is 0 Å². The fourth-order valence-electron chi connectivity index (χ4n) is 4.38. The number of carbonyl (C=O) groups excluding carboxylic acids is 2. The van der Waals surface area contributed by atoms with Gasteiger partial charge in [-0.05, 0) is 59.3 Å². The molecule has 2 heterocycles. The number of hydrogen-bond acceptors (Lipinski definition) is 7. The molecule has 0 saturated carbocycles. The summed E-state index contributed by atoms with van der Waals surface area (Å²) in [5.74, 6) is 0.441. The van der Waals surface area contributed by atoms with Gasteiger partial charge in [-0.3, -0.25) is 9.59 Å². The molecule has 8 heteroatoms. The van der Waals surface area contributed by atoms with E-state index in [2.05, 4.69) is 0 Å². The second-order valence-corrected chi connectivity index (χ2v) is 10.7. The third-order valence-corrected chi connectivity index (χ3v) is 7.22. The van der Waals surface area contributed by atoms with Crippen LogP contribution in [-0.4, -0.2) is 49.1 Å². The zero-order valence-electron chi connectivity index (χ0n) is 21.6. The summed E-state index contributed by atoms with van der Waals surface area (Å²) in [6.07, 6.45) is 0. The van der Waals surface area contributed by atoms with Crippen molar-refractivity contribution in [1.82, 2.24) is 4.90 Å². The van der Waals surface area contributed by atoms with Crippen molar-refractivity contribution in [2.45, 2.75) is 32.2 Å². The molecule has 3 aromatic rings. The number of methoxy groups -OCH3 is 2. The number of amides is 1. The number of rotatable bonds is 8. The van der Waals surface area contributed by atoms with Crippen LogP contribution in [0.15, 0.2) is 65.6 Å². The normalized spacial score (nSPS) is 17.2. The Kier molecular flexibility index (Phi) is 7.59. The summed E-state index contributed by atoms with van der Waals surface area (Å²) in [5.41, 5.74) is 1.15. The maximum Gasteiger partial charge on any atom is 0.295 e. The van der Waals surface area contributed by atoms with Crippen LogP contribution in [0.2, 0.25) is 0 Å². The lowest BCUT2D eigenvalue weighted by atomic mass is 9.84. The highest BCUT2D eigenvalue weighted by atomic mass is 32.1. The summed E-state index contributed by atoms with van der Waals surface area (Å²) in [6.45, 7) is 6.48. The predicted molar refractivity (Wildman–Crippen MR) is 144 cm³/mol. The number of likely N-dealkylation sites (tertiary alicyclic amines) is 1. The highest BCUT2D eigenvalue weighted by Gasteiger charge is 2.46. The number of aliphatic hydroxyl groups excluding tert-OH is 1. The quantitative estimate of drug-likeness (QED) is 0.237. The summed E-state index contributed by atoms with van der Waals surface area (Å²) < 4.78 is 16.5. The van der Waals surface area contributed by atoms with Crippen LogP contribution in [0.3, 0.4) is 0 Å². The van der Waals surface area contributed by atoms with Gasteiger partial charge in [0.2, 0.25) is 0 Å². The number of thiophene rings is 1. The molecule has 0 aliphatic carbocycles. The van der Waals surface area contributed by atoms with Crippen molar-refractivity contribution in [3.05, 3.63) is 81.6 Å². The molecular formula is C29H31NO6S. The number of ether oxygens (including phenoxy) is 3. The Balaban J connectivity index is 1.68. The molecule has 1 saturated heterocycles. The van der Waals surface area contributed by atoms with Gasteiger partial charge in [0.05, 0.1) is 32.4 Å². The van der Waals surface area contributed by atoms with Crippen LogP contribution < -0.4 is 14.2 Å². The Morgan fingerprint density at radius 3 is 2.30 bits per heavy atom. The molecule has 1 fully saturated rings. The molecule has 0 radical (unpaired) electrons. The number of nitrogens with zero attached hydrogens (tertiary/aromatic N) is 1. The summed E-state index contributed by atoms with van der Waals surface area (Å²) >= 11 is 1.43. The van der Waals surface area contributed by atoms with Crippen LogP contribution in [0.5, 0.6) is 17.2 Å². The van der Waals surface area contributed by atoms with E-state index >= 15 is 0 Å². The van der Waals surface area contributed by atoms with Crippen molar-refractivity contribution in [2.24, 2.45) is 0 Å². The highest BCUT2D eigenvalue weighted by Crippen LogP contribution is 2.42. The largest absolute Gasteiger partial charge is 0.507 e. The molecule has 37 heavy (non-hydrogen) atoms. The van der Waals surface area contributed by atoms with Gasteiger partial charge in [-0.15, -0.1) is 11.3 Å². The van der Waals surface area contributed by atoms with Gasteiger partial charge in [0.1, 0.15) is 29.6 Å². The molecule has 0 bridgehead atoms. The zero-order valence-corrected chi connectivity index (χ0v) is 22.4. The Hall–Kier alpha value is -3.78. The minimum atomic E-state index is -0.714. The van der Waals surface area contributed by atoms with E-state index in [-0.39, 0.29) is 29.9 Å². The Morgan fingerprint density at radius 1 is 1.00 bits per heavy atom. The van der Waals surface area contributed by atoms with E-state index in [0.29, 0.717) is 22.8 Å². The third kappa shape index (κ3) is 5.34. The van der Waals surface area contributed by atoms with Gasteiger partial charge in [-0.1, -0.05) is 26.8 Å². The van der Waals surface area contributed by atoms with Crippen molar-refractivity contribution in [2.75, 3.05) is 27.4 Å².